The van der Waals surface area contributed by atoms with Crippen molar-refractivity contribution in [3.63, 3.8) is 0 Å². The van der Waals surface area contributed by atoms with E-state index in [-0.39, 0.29) is 17.5 Å². The van der Waals surface area contributed by atoms with E-state index in [1.54, 1.807) is 0 Å². The van der Waals surface area contributed by atoms with Crippen molar-refractivity contribution in [1.82, 2.24) is 14.7 Å². The Balaban J connectivity index is 2.00. The van der Waals surface area contributed by atoms with Crippen LogP contribution < -0.4 is 10.2 Å². The topological polar surface area (TPSA) is 41.1 Å². The monoisotopic (exact) mass is 382 g/mol. The summed E-state index contributed by atoms with van der Waals surface area (Å²) in [7, 11) is 0. The number of alkyl halides is 6. The van der Waals surface area contributed by atoms with Gasteiger partial charge in [-0.05, 0) is 18.2 Å². The van der Waals surface area contributed by atoms with Gasteiger partial charge in [-0.25, -0.2) is 0 Å². The van der Waals surface area contributed by atoms with Gasteiger partial charge in [-0.1, -0.05) is 0 Å². The Morgan fingerprint density at radius 3 is 2.00 bits per heavy atom. The van der Waals surface area contributed by atoms with Crippen LogP contribution >= 0.6 is 11.5 Å². The molecule has 25 heavy (non-hydrogen) atoms. The van der Waals surface area contributed by atoms with Crippen LogP contribution in [0.5, 0.6) is 0 Å². The largest absolute Gasteiger partial charge is 0.416 e. The molecule has 1 aromatic carbocycles. The van der Waals surface area contributed by atoms with Crippen LogP contribution in [0.1, 0.15) is 11.1 Å². The Morgan fingerprint density at radius 2 is 1.48 bits per heavy atom. The second-order valence-electron chi connectivity index (χ2n) is 5.43. The summed E-state index contributed by atoms with van der Waals surface area (Å²) >= 11 is 0.952. The first-order valence-electron chi connectivity index (χ1n) is 7.24. The third kappa shape index (κ3) is 4.03. The lowest BCUT2D eigenvalue weighted by molar-refractivity contribution is -0.143. The molecule has 1 aliphatic heterocycles. The number of benzene rings is 1. The highest BCUT2D eigenvalue weighted by Crippen LogP contribution is 2.38. The van der Waals surface area contributed by atoms with Crippen LogP contribution in [0.15, 0.2) is 18.2 Å². The zero-order valence-corrected chi connectivity index (χ0v) is 13.4. The Kier molecular flexibility index (Phi) is 4.62. The third-order valence-electron chi connectivity index (χ3n) is 3.65. The molecule has 2 heterocycles. The van der Waals surface area contributed by atoms with Crippen molar-refractivity contribution < 1.29 is 26.3 Å². The molecule has 1 N–H and O–H groups in total. The van der Waals surface area contributed by atoms with Gasteiger partial charge < -0.3 is 10.2 Å². The van der Waals surface area contributed by atoms with E-state index < -0.39 is 23.5 Å². The summed E-state index contributed by atoms with van der Waals surface area (Å²) in [4.78, 5) is 6.01. The normalized spacial score (nSPS) is 16.3. The van der Waals surface area contributed by atoms with Crippen molar-refractivity contribution >= 4 is 16.7 Å². The van der Waals surface area contributed by atoms with Crippen LogP contribution in [-0.2, 0) is 12.4 Å². The minimum Gasteiger partial charge on any atom is -0.344 e. The highest BCUT2D eigenvalue weighted by Gasteiger charge is 2.37. The fourth-order valence-corrected chi connectivity index (χ4v) is 3.14. The van der Waals surface area contributed by atoms with Gasteiger partial charge in [0.1, 0.15) is 0 Å². The molecule has 0 amide bonds. The molecule has 0 unspecified atom stereocenters. The quantitative estimate of drug-likeness (QED) is 0.805. The van der Waals surface area contributed by atoms with E-state index in [0.29, 0.717) is 30.4 Å². The lowest BCUT2D eigenvalue weighted by atomic mass is 10.0. The van der Waals surface area contributed by atoms with E-state index in [1.165, 1.54) is 0 Å². The van der Waals surface area contributed by atoms with Gasteiger partial charge in [0.2, 0.25) is 5.13 Å². The number of piperazine rings is 1. The van der Waals surface area contributed by atoms with Gasteiger partial charge in [0.05, 0.1) is 11.1 Å². The van der Waals surface area contributed by atoms with Crippen LogP contribution in [0.2, 0.25) is 0 Å². The van der Waals surface area contributed by atoms with Crippen molar-refractivity contribution in [2.45, 2.75) is 12.4 Å². The van der Waals surface area contributed by atoms with Crippen LogP contribution in [0.25, 0.3) is 11.4 Å². The predicted octanol–water partition coefficient (Wildman–Crippen LogP) is 3.65. The summed E-state index contributed by atoms with van der Waals surface area (Å²) in [6.07, 6.45) is -9.79. The van der Waals surface area contributed by atoms with Gasteiger partial charge in [-0.2, -0.15) is 35.7 Å². The molecule has 0 aliphatic carbocycles. The molecule has 0 bridgehead atoms. The van der Waals surface area contributed by atoms with E-state index in [0.717, 1.165) is 24.6 Å². The SMILES string of the molecule is FC(F)(F)c1cc(-c2nsc(N3CCNCC3)n2)cc(C(F)(F)F)c1. The number of aromatic nitrogens is 2. The molecular formula is C14H12F6N4S. The average Bonchev–Trinajstić information content (AvgIpc) is 3.04. The lowest BCUT2D eigenvalue weighted by Gasteiger charge is -2.26. The van der Waals surface area contributed by atoms with Crippen LogP contribution in [0.4, 0.5) is 31.5 Å². The van der Waals surface area contributed by atoms with E-state index >= 15 is 0 Å². The highest BCUT2D eigenvalue weighted by molar-refractivity contribution is 7.09. The fraction of sp³-hybridized carbons (Fsp3) is 0.429. The minimum atomic E-state index is -4.90. The Labute approximate surface area is 142 Å². The molecule has 1 saturated heterocycles. The van der Waals surface area contributed by atoms with Gasteiger partial charge in [0, 0.05) is 43.3 Å². The first-order valence-corrected chi connectivity index (χ1v) is 8.01. The zero-order chi connectivity index (χ0) is 18.2. The maximum absolute atomic E-state index is 12.9. The highest BCUT2D eigenvalue weighted by atomic mass is 32.1. The van der Waals surface area contributed by atoms with E-state index in [9.17, 15) is 26.3 Å². The van der Waals surface area contributed by atoms with Crippen molar-refractivity contribution in [3.8, 4) is 11.4 Å². The van der Waals surface area contributed by atoms with Gasteiger partial charge in [-0.15, -0.1) is 0 Å². The average molecular weight is 382 g/mol. The maximum Gasteiger partial charge on any atom is 0.416 e. The number of halogens is 6. The smallest absolute Gasteiger partial charge is 0.344 e. The van der Waals surface area contributed by atoms with Crippen molar-refractivity contribution in [3.05, 3.63) is 29.3 Å². The summed E-state index contributed by atoms with van der Waals surface area (Å²) in [5.41, 5.74) is -3.06. The number of nitrogens with zero attached hydrogens (tertiary/aromatic N) is 3. The molecule has 3 rings (SSSR count). The Morgan fingerprint density at radius 1 is 0.920 bits per heavy atom. The maximum atomic E-state index is 12.9. The number of hydrogen-bond donors (Lipinski definition) is 1. The second kappa shape index (κ2) is 6.45. The van der Waals surface area contributed by atoms with Gasteiger partial charge in [-0.3, -0.25) is 0 Å². The molecule has 0 spiro atoms. The molecule has 0 saturated carbocycles. The zero-order valence-electron chi connectivity index (χ0n) is 12.6. The molecule has 1 aromatic heterocycles. The molecule has 136 valence electrons. The number of rotatable bonds is 2. The second-order valence-corrected chi connectivity index (χ2v) is 6.16. The molecule has 4 nitrogen and oxygen atoms in total. The Bertz CT molecular complexity index is 716. The molecule has 0 atom stereocenters. The molecule has 1 fully saturated rings. The first-order chi connectivity index (χ1) is 11.6. The van der Waals surface area contributed by atoms with Crippen molar-refractivity contribution in [2.75, 3.05) is 31.1 Å². The summed E-state index contributed by atoms with van der Waals surface area (Å²) in [6.45, 7) is 2.73. The summed E-state index contributed by atoms with van der Waals surface area (Å²) < 4.78 is 81.5. The molecule has 1 aliphatic rings. The summed E-state index contributed by atoms with van der Waals surface area (Å²) in [5.74, 6) is -0.143. The van der Waals surface area contributed by atoms with E-state index in [2.05, 4.69) is 14.7 Å². The molecule has 2 aromatic rings. The van der Waals surface area contributed by atoms with Crippen LogP contribution in [0.3, 0.4) is 0 Å². The van der Waals surface area contributed by atoms with Gasteiger partial charge in [0.25, 0.3) is 0 Å². The van der Waals surface area contributed by atoms with Gasteiger partial charge >= 0.3 is 12.4 Å². The lowest BCUT2D eigenvalue weighted by Crippen LogP contribution is -2.43. The summed E-state index contributed by atoms with van der Waals surface area (Å²) in [6, 6.07) is 1.37. The number of anilines is 1. The third-order valence-corrected chi connectivity index (χ3v) is 4.43. The van der Waals surface area contributed by atoms with Gasteiger partial charge in [0.15, 0.2) is 5.82 Å². The van der Waals surface area contributed by atoms with Crippen LogP contribution in [0, 0.1) is 0 Å². The number of nitrogens with one attached hydrogen (secondary N) is 1. The fourth-order valence-electron chi connectivity index (χ4n) is 2.40. The Hall–Kier alpha value is -1.88. The van der Waals surface area contributed by atoms with E-state index in [1.807, 2.05) is 4.90 Å². The molecular weight excluding hydrogens is 370 g/mol. The van der Waals surface area contributed by atoms with Crippen molar-refractivity contribution in [2.24, 2.45) is 0 Å². The predicted molar refractivity (Wildman–Crippen MR) is 80.4 cm³/mol. The van der Waals surface area contributed by atoms with Crippen molar-refractivity contribution in [1.29, 1.82) is 0 Å². The molecule has 11 heteroatoms. The molecule has 0 radical (unpaired) electrons. The van der Waals surface area contributed by atoms with E-state index in [4.69, 9.17) is 0 Å². The van der Waals surface area contributed by atoms with Crippen LogP contribution in [-0.4, -0.2) is 35.5 Å². The number of hydrogen-bond acceptors (Lipinski definition) is 5. The minimum absolute atomic E-state index is 0.0904. The summed E-state index contributed by atoms with van der Waals surface area (Å²) in [5, 5.41) is 3.61. The first kappa shape index (κ1) is 17.9. The standard InChI is InChI=1S/C14H12F6N4S/c15-13(16,17)9-5-8(6-10(7-9)14(18,19)20)11-22-12(25-23-11)24-3-1-21-2-4-24/h5-7,21H,1-4H2.